The molecule has 0 unspecified atom stereocenters. The van der Waals surface area contributed by atoms with Crippen molar-refractivity contribution < 1.29 is 27.9 Å². The molecule has 1 aromatic carbocycles. The van der Waals surface area contributed by atoms with Crippen LogP contribution in [0.4, 0.5) is 19.0 Å². The number of carbonyl (C=O) groups is 2. The summed E-state index contributed by atoms with van der Waals surface area (Å²) in [5, 5.41) is 15.3. The number of anilines is 1. The lowest BCUT2D eigenvalue weighted by atomic mass is 10.00. The summed E-state index contributed by atoms with van der Waals surface area (Å²) in [7, 11) is 0. The minimum absolute atomic E-state index is 0.171. The van der Waals surface area contributed by atoms with E-state index in [1.165, 1.54) is 11.6 Å². The molecule has 10 heteroatoms. The number of carboxylic acids is 1. The summed E-state index contributed by atoms with van der Waals surface area (Å²) in [6.07, 6.45) is 0.674. The van der Waals surface area contributed by atoms with E-state index in [-0.39, 0.29) is 12.0 Å². The van der Waals surface area contributed by atoms with Gasteiger partial charge < -0.3 is 20.6 Å². The van der Waals surface area contributed by atoms with Gasteiger partial charge in [0.15, 0.2) is 0 Å². The SMILES string of the molecule is O=C(N[C@H](CCN1CC[C@H](CCc2ccc3c(n2)NCCC3)C1)C(=O)O)c1cccc(C(F)(F)F)c1. The number of carboxylic acid groups (broad SMARTS) is 1. The van der Waals surface area contributed by atoms with Crippen molar-refractivity contribution in [1.82, 2.24) is 15.2 Å². The number of pyridine rings is 1. The van der Waals surface area contributed by atoms with Crippen molar-refractivity contribution in [3.8, 4) is 0 Å². The highest BCUT2D eigenvalue weighted by molar-refractivity contribution is 5.96. The first-order valence-electron chi connectivity index (χ1n) is 12.3. The normalized spacial score (nSPS) is 18.8. The number of nitrogens with one attached hydrogen (secondary N) is 2. The summed E-state index contributed by atoms with van der Waals surface area (Å²) in [6.45, 7) is 3.13. The molecule has 1 saturated heterocycles. The Hall–Kier alpha value is -3.14. The Morgan fingerprint density at radius 3 is 2.86 bits per heavy atom. The van der Waals surface area contributed by atoms with Gasteiger partial charge in [0, 0.05) is 30.9 Å². The Morgan fingerprint density at radius 1 is 1.25 bits per heavy atom. The van der Waals surface area contributed by atoms with Crippen LogP contribution >= 0.6 is 0 Å². The fourth-order valence-electron chi connectivity index (χ4n) is 4.86. The number of aryl methyl sites for hydroxylation is 2. The van der Waals surface area contributed by atoms with Gasteiger partial charge in [-0.05, 0) is 80.8 Å². The largest absolute Gasteiger partial charge is 0.480 e. The third kappa shape index (κ3) is 6.75. The average molecular weight is 505 g/mol. The lowest BCUT2D eigenvalue weighted by Gasteiger charge is -2.20. The lowest BCUT2D eigenvalue weighted by Crippen LogP contribution is -2.43. The van der Waals surface area contributed by atoms with Crippen LogP contribution in [0.5, 0.6) is 0 Å². The molecular formula is C26H31F3N4O3. The molecule has 0 bridgehead atoms. The average Bonchev–Trinajstić information content (AvgIpc) is 3.32. The van der Waals surface area contributed by atoms with Crippen LogP contribution in [0, 0.1) is 5.92 Å². The number of alkyl halides is 3. The second-order valence-corrected chi connectivity index (χ2v) is 9.57. The van der Waals surface area contributed by atoms with E-state index < -0.39 is 29.7 Å². The third-order valence-corrected chi connectivity index (χ3v) is 6.92. The molecule has 7 nitrogen and oxygen atoms in total. The van der Waals surface area contributed by atoms with Gasteiger partial charge >= 0.3 is 12.1 Å². The lowest BCUT2D eigenvalue weighted by molar-refractivity contribution is -0.139. The van der Waals surface area contributed by atoms with Crippen LogP contribution in [0.25, 0.3) is 0 Å². The number of carbonyl (C=O) groups excluding carboxylic acids is 1. The fraction of sp³-hybridized carbons (Fsp3) is 0.500. The molecule has 36 heavy (non-hydrogen) atoms. The van der Waals surface area contributed by atoms with E-state index in [0.29, 0.717) is 12.5 Å². The van der Waals surface area contributed by atoms with Crippen molar-refractivity contribution in [3.63, 3.8) is 0 Å². The quantitative estimate of drug-likeness (QED) is 0.478. The van der Waals surface area contributed by atoms with Gasteiger partial charge in [-0.1, -0.05) is 12.1 Å². The third-order valence-electron chi connectivity index (χ3n) is 6.92. The number of aliphatic carboxylic acids is 1. The number of amides is 1. The maximum atomic E-state index is 12.9. The summed E-state index contributed by atoms with van der Waals surface area (Å²) in [4.78, 5) is 31.1. The molecule has 2 aliphatic rings. The number of nitrogens with zero attached hydrogens (tertiary/aromatic N) is 2. The highest BCUT2D eigenvalue weighted by Gasteiger charge is 2.31. The van der Waals surface area contributed by atoms with Crippen molar-refractivity contribution in [1.29, 1.82) is 0 Å². The molecule has 194 valence electrons. The number of hydrogen-bond acceptors (Lipinski definition) is 5. The molecule has 3 heterocycles. The molecule has 1 amide bonds. The molecule has 2 aliphatic heterocycles. The predicted octanol–water partition coefficient (Wildman–Crippen LogP) is 3.99. The van der Waals surface area contributed by atoms with E-state index in [2.05, 4.69) is 27.7 Å². The highest BCUT2D eigenvalue weighted by Crippen LogP contribution is 2.29. The number of hydrogen-bond donors (Lipinski definition) is 3. The zero-order chi connectivity index (χ0) is 25.7. The van der Waals surface area contributed by atoms with E-state index in [9.17, 15) is 27.9 Å². The number of aromatic nitrogens is 1. The molecule has 0 saturated carbocycles. The van der Waals surface area contributed by atoms with Gasteiger partial charge in [0.05, 0.1) is 5.56 Å². The number of rotatable bonds is 9. The van der Waals surface area contributed by atoms with Gasteiger partial charge in [-0.2, -0.15) is 13.2 Å². The maximum absolute atomic E-state index is 12.9. The molecule has 0 aliphatic carbocycles. The van der Waals surface area contributed by atoms with Crippen LogP contribution in [0.15, 0.2) is 36.4 Å². The van der Waals surface area contributed by atoms with Crippen molar-refractivity contribution in [2.24, 2.45) is 5.92 Å². The van der Waals surface area contributed by atoms with E-state index in [1.54, 1.807) is 0 Å². The van der Waals surface area contributed by atoms with Crippen LogP contribution < -0.4 is 10.6 Å². The molecule has 1 aromatic heterocycles. The Bertz CT molecular complexity index is 1090. The molecule has 3 N–H and O–H groups in total. The Balaban J connectivity index is 1.24. The predicted molar refractivity (Wildman–Crippen MR) is 129 cm³/mol. The van der Waals surface area contributed by atoms with Gasteiger partial charge in [0.2, 0.25) is 0 Å². The molecule has 4 rings (SSSR count). The van der Waals surface area contributed by atoms with Crippen LogP contribution in [0.3, 0.4) is 0 Å². The number of benzene rings is 1. The van der Waals surface area contributed by atoms with E-state index in [4.69, 9.17) is 4.98 Å². The minimum Gasteiger partial charge on any atom is -0.480 e. The van der Waals surface area contributed by atoms with E-state index >= 15 is 0 Å². The second-order valence-electron chi connectivity index (χ2n) is 9.57. The van der Waals surface area contributed by atoms with E-state index in [0.717, 1.165) is 81.4 Å². The Labute approximate surface area is 208 Å². The molecule has 2 atom stereocenters. The monoisotopic (exact) mass is 504 g/mol. The topological polar surface area (TPSA) is 94.6 Å². The number of halogens is 3. The summed E-state index contributed by atoms with van der Waals surface area (Å²) >= 11 is 0. The molecule has 0 radical (unpaired) electrons. The van der Waals surface area contributed by atoms with Crippen LogP contribution in [-0.2, 0) is 23.8 Å². The van der Waals surface area contributed by atoms with Gasteiger partial charge in [0.1, 0.15) is 11.9 Å². The van der Waals surface area contributed by atoms with Crippen molar-refractivity contribution in [2.75, 3.05) is 31.5 Å². The summed E-state index contributed by atoms with van der Waals surface area (Å²) in [5.74, 6) is -0.560. The van der Waals surface area contributed by atoms with Gasteiger partial charge in [-0.25, -0.2) is 9.78 Å². The molecule has 0 spiro atoms. The summed E-state index contributed by atoms with van der Waals surface area (Å²) in [6, 6.07) is 7.04. The number of likely N-dealkylation sites (tertiary alicyclic amines) is 1. The Morgan fingerprint density at radius 2 is 2.08 bits per heavy atom. The maximum Gasteiger partial charge on any atom is 0.416 e. The van der Waals surface area contributed by atoms with Crippen molar-refractivity contribution in [2.45, 2.75) is 50.7 Å². The second kappa shape index (κ2) is 11.3. The molecule has 1 fully saturated rings. The first-order chi connectivity index (χ1) is 17.2. The fourth-order valence-corrected chi connectivity index (χ4v) is 4.86. The standard InChI is InChI=1S/C26H31F3N4O3/c27-26(28,29)20-5-1-3-19(15-20)24(34)32-22(25(35)36)11-14-33-13-10-17(16-33)6-8-21-9-7-18-4-2-12-30-23(18)31-21/h1,3,5,7,9,15,17,22H,2,4,6,8,10-14,16H2,(H,30,31)(H,32,34)(H,35,36)/t17-,22+/m0/s1. The van der Waals surface area contributed by atoms with Gasteiger partial charge in [-0.3, -0.25) is 4.79 Å². The Kier molecular flexibility index (Phi) is 8.13. The van der Waals surface area contributed by atoms with Gasteiger partial charge in [0.25, 0.3) is 5.91 Å². The van der Waals surface area contributed by atoms with Crippen LogP contribution in [0.2, 0.25) is 0 Å². The minimum atomic E-state index is -4.58. The van der Waals surface area contributed by atoms with Crippen LogP contribution in [-0.4, -0.2) is 59.1 Å². The smallest absolute Gasteiger partial charge is 0.416 e. The highest BCUT2D eigenvalue weighted by atomic mass is 19.4. The van der Waals surface area contributed by atoms with E-state index in [1.807, 2.05) is 0 Å². The number of fused-ring (bicyclic) bond motifs is 1. The zero-order valence-corrected chi connectivity index (χ0v) is 20.0. The van der Waals surface area contributed by atoms with Crippen molar-refractivity contribution >= 4 is 17.7 Å². The molecular weight excluding hydrogens is 473 g/mol. The summed E-state index contributed by atoms with van der Waals surface area (Å²) in [5.41, 5.74) is 1.17. The van der Waals surface area contributed by atoms with Crippen molar-refractivity contribution in [3.05, 3.63) is 58.8 Å². The summed E-state index contributed by atoms with van der Waals surface area (Å²) < 4.78 is 38.8. The first-order valence-corrected chi connectivity index (χ1v) is 12.3. The van der Waals surface area contributed by atoms with Gasteiger partial charge in [-0.15, -0.1) is 0 Å². The molecule has 2 aromatic rings. The van der Waals surface area contributed by atoms with Crippen LogP contribution in [0.1, 0.15) is 52.9 Å². The zero-order valence-electron chi connectivity index (χ0n) is 20.0. The first kappa shape index (κ1) is 25.9.